The van der Waals surface area contributed by atoms with Crippen LogP contribution in [0.3, 0.4) is 0 Å². The molecule has 0 aliphatic heterocycles. The lowest BCUT2D eigenvalue weighted by Gasteiger charge is -2.06. The first kappa shape index (κ1) is 12.8. The molecule has 0 radical (unpaired) electrons. The largest absolute Gasteiger partial charge is 0.550 e. The van der Waals surface area contributed by atoms with Gasteiger partial charge in [-0.1, -0.05) is 6.58 Å². The van der Waals surface area contributed by atoms with Crippen LogP contribution in [0, 0.1) is 0 Å². The molecule has 1 aromatic rings. The number of carbonyl (C=O) groups is 2. The van der Waals surface area contributed by atoms with Crippen molar-refractivity contribution in [2.75, 3.05) is 5.32 Å². The van der Waals surface area contributed by atoms with Gasteiger partial charge < -0.3 is 20.0 Å². The highest BCUT2D eigenvalue weighted by Gasteiger charge is 2.02. The van der Waals surface area contributed by atoms with Crippen LogP contribution in [0.5, 0.6) is 5.75 Å². The Kier molecular flexibility index (Phi) is 4.75. The minimum Gasteiger partial charge on any atom is -0.550 e. The van der Waals surface area contributed by atoms with Crippen molar-refractivity contribution < 1.29 is 19.4 Å². The Hall–Kier alpha value is -2.30. The highest BCUT2D eigenvalue weighted by atomic mass is 16.5. The zero-order valence-corrected chi connectivity index (χ0v) is 9.14. The number of carbonyl (C=O) groups excluding carboxylic acids is 2. The number of anilines is 1. The van der Waals surface area contributed by atoms with Crippen LogP contribution in [-0.4, -0.2) is 11.9 Å². The number of hydrogen-bond acceptors (Lipinski definition) is 4. The number of carboxylic acid groups (broad SMARTS) is 1. The molecule has 1 N–H and O–H groups in total. The van der Waals surface area contributed by atoms with Gasteiger partial charge in [0.2, 0.25) is 5.91 Å². The van der Waals surface area contributed by atoms with E-state index in [1.165, 1.54) is 6.26 Å². The van der Waals surface area contributed by atoms with Gasteiger partial charge in [0, 0.05) is 18.1 Å². The predicted molar refractivity (Wildman–Crippen MR) is 60.1 cm³/mol. The lowest BCUT2D eigenvalue weighted by molar-refractivity contribution is -0.305. The fourth-order valence-electron chi connectivity index (χ4n) is 1.15. The van der Waals surface area contributed by atoms with Crippen molar-refractivity contribution >= 4 is 17.6 Å². The van der Waals surface area contributed by atoms with E-state index < -0.39 is 5.97 Å². The number of carboxylic acids is 1. The first-order valence-corrected chi connectivity index (χ1v) is 4.99. The fraction of sp³-hybridized carbons (Fsp3) is 0.167. The molecule has 5 nitrogen and oxygen atoms in total. The van der Waals surface area contributed by atoms with E-state index in [4.69, 9.17) is 4.74 Å². The fourth-order valence-corrected chi connectivity index (χ4v) is 1.15. The number of hydrogen-bond donors (Lipinski definition) is 1. The molecule has 1 rings (SSSR count). The van der Waals surface area contributed by atoms with Gasteiger partial charge in [-0.05, 0) is 30.7 Å². The second-order valence-corrected chi connectivity index (χ2v) is 3.23. The maximum absolute atomic E-state index is 11.3. The van der Waals surface area contributed by atoms with Crippen molar-refractivity contribution in [3.05, 3.63) is 37.1 Å². The van der Waals surface area contributed by atoms with Gasteiger partial charge in [-0.2, -0.15) is 0 Å². The van der Waals surface area contributed by atoms with E-state index in [2.05, 4.69) is 11.9 Å². The minimum atomic E-state index is -1.24. The summed E-state index contributed by atoms with van der Waals surface area (Å²) in [5, 5.41) is 12.7. The minimum absolute atomic E-state index is 0.104. The molecular formula is C12H12NO4-. The number of ether oxygens (including phenoxy) is 1. The zero-order chi connectivity index (χ0) is 12.7. The SMILES string of the molecule is C=COc1ccc(NC(=O)CCC(=O)[O-])cc1. The van der Waals surface area contributed by atoms with Gasteiger partial charge in [-0.25, -0.2) is 0 Å². The summed E-state index contributed by atoms with van der Waals surface area (Å²) in [4.78, 5) is 21.4. The molecule has 90 valence electrons. The summed E-state index contributed by atoms with van der Waals surface area (Å²) in [5.41, 5.74) is 0.574. The van der Waals surface area contributed by atoms with Crippen LogP contribution < -0.4 is 15.2 Å². The molecule has 0 unspecified atom stereocenters. The average molecular weight is 234 g/mol. The molecule has 0 heterocycles. The topological polar surface area (TPSA) is 78.5 Å². The van der Waals surface area contributed by atoms with Gasteiger partial charge in [-0.15, -0.1) is 0 Å². The summed E-state index contributed by atoms with van der Waals surface area (Å²) in [6.45, 7) is 3.41. The molecule has 0 saturated carbocycles. The number of nitrogens with one attached hydrogen (secondary N) is 1. The van der Waals surface area contributed by atoms with Crippen molar-refractivity contribution in [2.45, 2.75) is 12.8 Å². The molecule has 0 fully saturated rings. The van der Waals surface area contributed by atoms with Gasteiger partial charge in [0.1, 0.15) is 5.75 Å². The molecule has 1 aromatic carbocycles. The standard InChI is InChI=1S/C12H13NO4/c1-2-17-10-5-3-9(4-6-10)13-11(14)7-8-12(15)16/h2-6H,1,7-8H2,(H,13,14)(H,15,16)/p-1. The van der Waals surface area contributed by atoms with E-state index in [0.717, 1.165) is 0 Å². The molecule has 0 aliphatic carbocycles. The Morgan fingerprint density at radius 1 is 1.29 bits per heavy atom. The quantitative estimate of drug-likeness (QED) is 0.734. The lowest BCUT2D eigenvalue weighted by atomic mass is 10.2. The van der Waals surface area contributed by atoms with Gasteiger partial charge in [0.25, 0.3) is 0 Å². The Bertz CT molecular complexity index is 411. The maximum atomic E-state index is 11.3. The van der Waals surface area contributed by atoms with E-state index >= 15 is 0 Å². The van der Waals surface area contributed by atoms with Crippen LogP contribution >= 0.6 is 0 Å². The third kappa shape index (κ3) is 4.83. The van der Waals surface area contributed by atoms with E-state index in [9.17, 15) is 14.7 Å². The maximum Gasteiger partial charge on any atom is 0.224 e. The van der Waals surface area contributed by atoms with Crippen molar-refractivity contribution in [3.8, 4) is 5.75 Å². The Balaban J connectivity index is 2.48. The highest BCUT2D eigenvalue weighted by Crippen LogP contribution is 2.15. The first-order valence-electron chi connectivity index (χ1n) is 4.99. The monoisotopic (exact) mass is 234 g/mol. The summed E-state index contributed by atoms with van der Waals surface area (Å²) in [6.07, 6.45) is 0.907. The smallest absolute Gasteiger partial charge is 0.224 e. The van der Waals surface area contributed by atoms with Gasteiger partial charge >= 0.3 is 0 Å². The second kappa shape index (κ2) is 6.32. The van der Waals surface area contributed by atoms with E-state index in [-0.39, 0.29) is 18.7 Å². The lowest BCUT2D eigenvalue weighted by Crippen LogP contribution is -2.24. The summed E-state index contributed by atoms with van der Waals surface area (Å²) < 4.78 is 5.01. The van der Waals surface area contributed by atoms with Gasteiger partial charge in [0.15, 0.2) is 0 Å². The second-order valence-electron chi connectivity index (χ2n) is 3.23. The molecule has 0 spiro atoms. The zero-order valence-electron chi connectivity index (χ0n) is 9.14. The summed E-state index contributed by atoms with van der Waals surface area (Å²) >= 11 is 0. The Labute approximate surface area is 98.7 Å². The predicted octanol–water partition coefficient (Wildman–Crippen LogP) is 0.677. The van der Waals surface area contributed by atoms with Crippen molar-refractivity contribution in [1.82, 2.24) is 0 Å². The van der Waals surface area contributed by atoms with Crippen LogP contribution in [0.15, 0.2) is 37.1 Å². The molecule has 0 bridgehead atoms. The summed E-state index contributed by atoms with van der Waals surface area (Å²) in [5.74, 6) is -1.01. The van der Waals surface area contributed by atoms with Crippen LogP contribution in [0.25, 0.3) is 0 Å². The molecule has 5 heteroatoms. The molecule has 17 heavy (non-hydrogen) atoms. The number of aliphatic carboxylic acids is 1. The van der Waals surface area contributed by atoms with E-state index in [0.29, 0.717) is 11.4 Å². The first-order chi connectivity index (χ1) is 8.11. The molecule has 1 amide bonds. The summed E-state index contributed by atoms with van der Waals surface area (Å²) in [6, 6.07) is 6.62. The van der Waals surface area contributed by atoms with Crippen LogP contribution in [0.2, 0.25) is 0 Å². The molecular weight excluding hydrogens is 222 g/mol. The third-order valence-electron chi connectivity index (χ3n) is 1.91. The van der Waals surface area contributed by atoms with E-state index in [1.807, 2.05) is 0 Å². The molecule has 0 aromatic heterocycles. The normalized spacial score (nSPS) is 9.41. The molecule has 0 atom stereocenters. The number of benzene rings is 1. The Morgan fingerprint density at radius 2 is 1.94 bits per heavy atom. The number of amides is 1. The van der Waals surface area contributed by atoms with Gasteiger partial charge in [-0.3, -0.25) is 4.79 Å². The van der Waals surface area contributed by atoms with Crippen LogP contribution in [-0.2, 0) is 9.59 Å². The van der Waals surface area contributed by atoms with Crippen molar-refractivity contribution in [2.24, 2.45) is 0 Å². The van der Waals surface area contributed by atoms with Crippen LogP contribution in [0.4, 0.5) is 5.69 Å². The Morgan fingerprint density at radius 3 is 2.47 bits per heavy atom. The molecule has 0 saturated heterocycles. The van der Waals surface area contributed by atoms with Crippen LogP contribution in [0.1, 0.15) is 12.8 Å². The average Bonchev–Trinajstić information content (AvgIpc) is 2.29. The van der Waals surface area contributed by atoms with Crippen molar-refractivity contribution in [1.29, 1.82) is 0 Å². The number of rotatable bonds is 6. The summed E-state index contributed by atoms with van der Waals surface area (Å²) in [7, 11) is 0. The van der Waals surface area contributed by atoms with E-state index in [1.54, 1.807) is 24.3 Å². The van der Waals surface area contributed by atoms with Gasteiger partial charge in [0.05, 0.1) is 6.26 Å². The molecule has 0 aliphatic rings. The highest BCUT2D eigenvalue weighted by molar-refractivity contribution is 5.92. The third-order valence-corrected chi connectivity index (χ3v) is 1.91. The van der Waals surface area contributed by atoms with Crippen molar-refractivity contribution in [3.63, 3.8) is 0 Å².